The standard InChI is InChI=1S/C16H20ClN3/c17-16-9-15(5-4-12(16)10-18)20(14-6-7-14)11-13-3-1-2-8-19-13/h4-5,9,13-14,19H,1-3,6-8,11H2. The highest BCUT2D eigenvalue weighted by atomic mass is 35.5. The highest BCUT2D eigenvalue weighted by Gasteiger charge is 2.31. The van der Waals surface area contributed by atoms with Crippen LogP contribution in [0.2, 0.25) is 5.02 Å². The molecule has 0 aromatic heterocycles. The summed E-state index contributed by atoms with van der Waals surface area (Å²) in [7, 11) is 0. The van der Waals surface area contributed by atoms with Crippen LogP contribution in [0, 0.1) is 11.3 Å². The first-order chi connectivity index (χ1) is 9.78. The summed E-state index contributed by atoms with van der Waals surface area (Å²) in [5, 5.41) is 13.1. The topological polar surface area (TPSA) is 39.1 Å². The van der Waals surface area contributed by atoms with Gasteiger partial charge < -0.3 is 10.2 Å². The first kappa shape index (κ1) is 13.7. The van der Waals surface area contributed by atoms with Gasteiger partial charge in [-0.05, 0) is 50.4 Å². The van der Waals surface area contributed by atoms with E-state index < -0.39 is 0 Å². The molecule has 1 saturated heterocycles. The van der Waals surface area contributed by atoms with Gasteiger partial charge in [-0.2, -0.15) is 5.26 Å². The second kappa shape index (κ2) is 6.03. The molecule has 0 amide bonds. The van der Waals surface area contributed by atoms with E-state index in [-0.39, 0.29) is 0 Å². The number of hydrogen-bond donors (Lipinski definition) is 1. The van der Waals surface area contributed by atoms with Crippen LogP contribution in [0.4, 0.5) is 5.69 Å². The minimum atomic E-state index is 0.557. The molecule has 3 rings (SSSR count). The van der Waals surface area contributed by atoms with E-state index in [4.69, 9.17) is 16.9 Å². The number of nitrogens with zero attached hydrogens (tertiary/aromatic N) is 2. The molecule has 106 valence electrons. The molecule has 2 fully saturated rings. The van der Waals surface area contributed by atoms with E-state index in [0.717, 1.165) is 18.8 Å². The molecule has 2 aliphatic rings. The zero-order valence-electron chi connectivity index (χ0n) is 11.6. The van der Waals surface area contributed by atoms with Gasteiger partial charge in [-0.25, -0.2) is 0 Å². The summed E-state index contributed by atoms with van der Waals surface area (Å²) in [6, 6.07) is 9.18. The van der Waals surface area contributed by atoms with E-state index in [1.165, 1.54) is 32.1 Å². The van der Waals surface area contributed by atoms with Crippen LogP contribution in [-0.2, 0) is 0 Å². The molecule has 1 heterocycles. The lowest BCUT2D eigenvalue weighted by Gasteiger charge is -2.32. The Morgan fingerprint density at radius 3 is 2.75 bits per heavy atom. The van der Waals surface area contributed by atoms with Crippen molar-refractivity contribution >= 4 is 17.3 Å². The predicted molar refractivity (Wildman–Crippen MR) is 82.2 cm³/mol. The first-order valence-electron chi connectivity index (χ1n) is 7.47. The van der Waals surface area contributed by atoms with E-state index in [9.17, 15) is 0 Å². The molecule has 0 bridgehead atoms. The zero-order valence-corrected chi connectivity index (χ0v) is 12.4. The normalized spacial score (nSPS) is 22.3. The van der Waals surface area contributed by atoms with Crippen LogP contribution in [0.3, 0.4) is 0 Å². The Balaban J connectivity index is 1.76. The highest BCUT2D eigenvalue weighted by molar-refractivity contribution is 6.32. The number of rotatable bonds is 4. The number of anilines is 1. The summed E-state index contributed by atoms with van der Waals surface area (Å²) in [5.74, 6) is 0. The van der Waals surface area contributed by atoms with Gasteiger partial charge in [-0.1, -0.05) is 18.0 Å². The molecule has 0 radical (unpaired) electrons. The zero-order chi connectivity index (χ0) is 13.9. The number of nitriles is 1. The van der Waals surface area contributed by atoms with Crippen LogP contribution >= 0.6 is 11.6 Å². The van der Waals surface area contributed by atoms with Crippen molar-refractivity contribution in [3.8, 4) is 6.07 Å². The average Bonchev–Trinajstić information content (AvgIpc) is 3.30. The Morgan fingerprint density at radius 2 is 2.15 bits per heavy atom. The van der Waals surface area contributed by atoms with Crippen molar-refractivity contribution in [1.82, 2.24) is 5.32 Å². The minimum absolute atomic E-state index is 0.557. The van der Waals surface area contributed by atoms with Crippen molar-refractivity contribution in [2.24, 2.45) is 0 Å². The fourth-order valence-electron chi connectivity index (χ4n) is 2.94. The molecule has 1 saturated carbocycles. The van der Waals surface area contributed by atoms with Crippen LogP contribution < -0.4 is 10.2 Å². The second-order valence-corrected chi connectivity index (χ2v) is 6.21. The van der Waals surface area contributed by atoms with Gasteiger partial charge in [-0.15, -0.1) is 0 Å². The second-order valence-electron chi connectivity index (χ2n) is 5.81. The number of halogens is 1. The molecule has 1 unspecified atom stereocenters. The lowest BCUT2D eigenvalue weighted by molar-refractivity contribution is 0.398. The van der Waals surface area contributed by atoms with Crippen molar-refractivity contribution in [1.29, 1.82) is 5.26 Å². The number of nitrogens with one attached hydrogen (secondary N) is 1. The van der Waals surface area contributed by atoms with Crippen molar-refractivity contribution in [3.05, 3.63) is 28.8 Å². The van der Waals surface area contributed by atoms with Gasteiger partial charge in [0.15, 0.2) is 0 Å². The van der Waals surface area contributed by atoms with Gasteiger partial charge in [0.2, 0.25) is 0 Å². The molecule has 3 nitrogen and oxygen atoms in total. The van der Waals surface area contributed by atoms with Crippen LogP contribution in [0.15, 0.2) is 18.2 Å². The van der Waals surface area contributed by atoms with Gasteiger partial charge in [0.25, 0.3) is 0 Å². The fraction of sp³-hybridized carbons (Fsp3) is 0.562. The third-order valence-corrected chi connectivity index (χ3v) is 4.53. The molecule has 20 heavy (non-hydrogen) atoms. The maximum atomic E-state index is 8.97. The average molecular weight is 290 g/mol. The Morgan fingerprint density at radius 1 is 1.30 bits per heavy atom. The third-order valence-electron chi connectivity index (χ3n) is 4.22. The Labute approximate surface area is 125 Å². The monoisotopic (exact) mass is 289 g/mol. The molecule has 1 aliphatic carbocycles. The molecule has 1 atom stereocenters. The van der Waals surface area contributed by atoms with Crippen molar-refractivity contribution in [2.75, 3.05) is 18.0 Å². The minimum Gasteiger partial charge on any atom is -0.367 e. The van der Waals surface area contributed by atoms with E-state index in [2.05, 4.69) is 16.3 Å². The van der Waals surface area contributed by atoms with E-state index in [1.807, 2.05) is 18.2 Å². The maximum Gasteiger partial charge on any atom is 0.101 e. The van der Waals surface area contributed by atoms with Gasteiger partial charge in [0.1, 0.15) is 6.07 Å². The smallest absolute Gasteiger partial charge is 0.101 e. The summed E-state index contributed by atoms with van der Waals surface area (Å²) in [6.45, 7) is 2.18. The van der Waals surface area contributed by atoms with Gasteiger partial charge in [-0.3, -0.25) is 0 Å². The summed E-state index contributed by atoms with van der Waals surface area (Å²) in [6.07, 6.45) is 6.41. The van der Waals surface area contributed by atoms with Crippen LogP contribution in [0.5, 0.6) is 0 Å². The predicted octanol–water partition coefficient (Wildman–Crippen LogP) is 3.32. The third kappa shape index (κ3) is 3.08. The molecule has 1 aromatic carbocycles. The summed E-state index contributed by atoms with van der Waals surface area (Å²) in [4.78, 5) is 2.47. The molecular weight excluding hydrogens is 270 g/mol. The lowest BCUT2D eigenvalue weighted by atomic mass is 10.0. The van der Waals surface area contributed by atoms with Crippen LogP contribution in [-0.4, -0.2) is 25.2 Å². The first-order valence-corrected chi connectivity index (χ1v) is 7.85. The fourth-order valence-corrected chi connectivity index (χ4v) is 3.16. The summed E-state index contributed by atoms with van der Waals surface area (Å²) in [5.41, 5.74) is 1.71. The maximum absolute atomic E-state index is 8.97. The Kier molecular flexibility index (Phi) is 4.14. The molecule has 1 aliphatic heterocycles. The lowest BCUT2D eigenvalue weighted by Crippen LogP contribution is -2.44. The van der Waals surface area contributed by atoms with Crippen LogP contribution in [0.25, 0.3) is 0 Å². The summed E-state index contributed by atoms with van der Waals surface area (Å²) < 4.78 is 0. The molecule has 1 aromatic rings. The van der Waals surface area contributed by atoms with Crippen molar-refractivity contribution in [3.63, 3.8) is 0 Å². The van der Waals surface area contributed by atoms with Gasteiger partial charge in [0.05, 0.1) is 10.6 Å². The van der Waals surface area contributed by atoms with Crippen molar-refractivity contribution < 1.29 is 0 Å². The van der Waals surface area contributed by atoms with E-state index >= 15 is 0 Å². The van der Waals surface area contributed by atoms with E-state index in [0.29, 0.717) is 22.7 Å². The number of hydrogen-bond acceptors (Lipinski definition) is 3. The summed E-state index contributed by atoms with van der Waals surface area (Å²) >= 11 is 6.18. The molecular formula is C16H20ClN3. The van der Waals surface area contributed by atoms with Gasteiger partial charge in [0, 0.05) is 24.3 Å². The molecule has 0 spiro atoms. The van der Waals surface area contributed by atoms with Crippen LogP contribution in [0.1, 0.15) is 37.7 Å². The largest absolute Gasteiger partial charge is 0.367 e. The van der Waals surface area contributed by atoms with Gasteiger partial charge >= 0.3 is 0 Å². The number of benzene rings is 1. The highest BCUT2D eigenvalue weighted by Crippen LogP contribution is 2.34. The van der Waals surface area contributed by atoms with E-state index in [1.54, 1.807) is 0 Å². The SMILES string of the molecule is N#Cc1ccc(N(CC2CCCCN2)C2CC2)cc1Cl. The Bertz CT molecular complexity index is 513. The quantitative estimate of drug-likeness (QED) is 0.924. The Hall–Kier alpha value is -1.24. The molecule has 1 N–H and O–H groups in total. The number of piperidine rings is 1. The van der Waals surface area contributed by atoms with Crippen molar-refractivity contribution in [2.45, 2.75) is 44.2 Å². The molecule has 4 heteroatoms.